The van der Waals surface area contributed by atoms with Crippen molar-refractivity contribution in [2.75, 3.05) is 10.2 Å². The summed E-state index contributed by atoms with van der Waals surface area (Å²) in [5.74, 6) is -3.44. The molecule has 1 aliphatic heterocycles. The van der Waals surface area contributed by atoms with Gasteiger partial charge in [0.05, 0.1) is 21.7 Å². The normalized spacial score (nSPS) is 12.3. The molecule has 0 radical (unpaired) electrons. The summed E-state index contributed by atoms with van der Waals surface area (Å²) >= 11 is 0. The maximum atomic E-state index is 12.9. The van der Waals surface area contributed by atoms with Crippen molar-refractivity contribution in [3.05, 3.63) is 88.0 Å². The molecule has 3 amide bonds. The highest BCUT2D eigenvalue weighted by atomic mass is 16.6. The van der Waals surface area contributed by atoms with E-state index < -0.39 is 28.6 Å². The number of nitro benzene ring substituents is 1. The van der Waals surface area contributed by atoms with E-state index in [0.29, 0.717) is 5.75 Å². The first-order valence-electron chi connectivity index (χ1n) is 9.34. The molecule has 11 nitrogen and oxygen atoms in total. The van der Waals surface area contributed by atoms with Gasteiger partial charge >= 0.3 is 11.9 Å². The van der Waals surface area contributed by atoms with E-state index in [9.17, 15) is 29.3 Å². The van der Waals surface area contributed by atoms with Crippen LogP contribution in [0.2, 0.25) is 0 Å². The van der Waals surface area contributed by atoms with Crippen LogP contribution in [0.15, 0.2) is 66.7 Å². The Morgan fingerprint density at radius 1 is 0.879 bits per heavy atom. The number of amides is 3. The highest BCUT2D eigenvalue weighted by Gasteiger charge is 2.37. The van der Waals surface area contributed by atoms with Crippen LogP contribution in [0.1, 0.15) is 20.7 Å². The second kappa shape index (κ2) is 8.23. The third-order valence-electron chi connectivity index (χ3n) is 4.72. The van der Waals surface area contributed by atoms with Gasteiger partial charge in [-0.3, -0.25) is 24.5 Å². The monoisotopic (exact) mass is 447 g/mol. The molecule has 0 saturated carbocycles. The average Bonchev–Trinajstić information content (AvgIpc) is 3.04. The number of hydrogen-bond acceptors (Lipinski definition) is 7. The Bertz CT molecular complexity index is 1320. The summed E-state index contributed by atoms with van der Waals surface area (Å²) in [6.45, 7) is 0. The number of ether oxygens (including phenoxy) is 1. The number of rotatable bonds is 5. The van der Waals surface area contributed by atoms with Crippen molar-refractivity contribution in [1.29, 1.82) is 0 Å². The minimum absolute atomic E-state index is 0.0961. The van der Waals surface area contributed by atoms with Gasteiger partial charge in [-0.1, -0.05) is 0 Å². The molecule has 2 N–H and O–H groups in total. The molecule has 0 bridgehead atoms. The number of imide groups is 1. The third kappa shape index (κ3) is 4.10. The summed E-state index contributed by atoms with van der Waals surface area (Å²) in [4.78, 5) is 58.7. The second-order valence-electron chi connectivity index (χ2n) is 6.81. The molecule has 0 aromatic heterocycles. The number of anilines is 2. The van der Waals surface area contributed by atoms with Crippen molar-refractivity contribution in [2.45, 2.75) is 0 Å². The molecule has 0 saturated heterocycles. The summed E-state index contributed by atoms with van der Waals surface area (Å²) in [5, 5.41) is 21.6. The predicted molar refractivity (Wildman–Crippen MR) is 113 cm³/mol. The lowest BCUT2D eigenvalue weighted by Crippen LogP contribution is -2.29. The van der Waals surface area contributed by atoms with Crippen LogP contribution in [-0.2, 0) is 9.59 Å². The number of carbonyl (C=O) groups excluding carboxylic acids is 3. The highest BCUT2D eigenvalue weighted by molar-refractivity contribution is 6.36. The van der Waals surface area contributed by atoms with E-state index in [0.717, 1.165) is 4.90 Å². The molecule has 0 fully saturated rings. The van der Waals surface area contributed by atoms with Crippen LogP contribution in [0.25, 0.3) is 0 Å². The molecule has 11 heteroatoms. The molecule has 33 heavy (non-hydrogen) atoms. The largest absolute Gasteiger partial charge is 0.474 e. The van der Waals surface area contributed by atoms with Gasteiger partial charge in [0, 0.05) is 17.8 Å². The fourth-order valence-electron chi connectivity index (χ4n) is 3.17. The molecular formula is C22H13N3O8. The van der Waals surface area contributed by atoms with E-state index in [1.165, 1.54) is 66.7 Å². The number of hydrogen-bond donors (Lipinski definition) is 2. The minimum Gasteiger partial charge on any atom is -0.474 e. The number of nitrogens with one attached hydrogen (secondary N) is 1. The van der Waals surface area contributed by atoms with E-state index in [2.05, 4.69) is 5.32 Å². The Morgan fingerprint density at radius 2 is 1.48 bits per heavy atom. The van der Waals surface area contributed by atoms with Gasteiger partial charge in [-0.05, 0) is 54.6 Å². The van der Waals surface area contributed by atoms with Gasteiger partial charge in [0.1, 0.15) is 11.5 Å². The van der Waals surface area contributed by atoms with Gasteiger partial charge in [0.25, 0.3) is 17.5 Å². The molecule has 1 aliphatic rings. The number of aliphatic carboxylic acids is 1. The fourth-order valence-corrected chi connectivity index (χ4v) is 3.17. The SMILES string of the molecule is O=C(O)C(=O)Nc1ccc(N2C(=O)c3ccc(Oc4ccc([N+](=O)[O-])cc4)cc3C2=O)cc1. The van der Waals surface area contributed by atoms with Gasteiger partial charge in [-0.15, -0.1) is 0 Å². The highest BCUT2D eigenvalue weighted by Crippen LogP contribution is 2.33. The van der Waals surface area contributed by atoms with Crippen LogP contribution < -0.4 is 15.0 Å². The summed E-state index contributed by atoms with van der Waals surface area (Å²) in [6.07, 6.45) is 0. The van der Waals surface area contributed by atoms with Crippen molar-refractivity contribution < 1.29 is 33.9 Å². The Morgan fingerprint density at radius 3 is 2.09 bits per heavy atom. The quantitative estimate of drug-likeness (QED) is 0.261. The zero-order chi connectivity index (χ0) is 23.7. The molecule has 0 aliphatic carbocycles. The molecule has 1 heterocycles. The number of nitrogens with zero attached hydrogens (tertiary/aromatic N) is 2. The number of carbonyl (C=O) groups is 4. The Labute approximate surface area is 185 Å². The van der Waals surface area contributed by atoms with Gasteiger partial charge < -0.3 is 15.2 Å². The number of carboxylic acid groups (broad SMARTS) is 1. The first-order chi connectivity index (χ1) is 15.7. The van der Waals surface area contributed by atoms with E-state index in [-0.39, 0.29) is 33.9 Å². The number of nitro groups is 1. The smallest absolute Gasteiger partial charge is 0.394 e. The summed E-state index contributed by atoms with van der Waals surface area (Å²) in [6, 6.07) is 15.2. The number of benzene rings is 3. The first kappa shape index (κ1) is 21.2. The Hall–Kier alpha value is -5.06. The molecule has 164 valence electrons. The number of carboxylic acids is 1. The van der Waals surface area contributed by atoms with Gasteiger partial charge in [-0.25, -0.2) is 9.69 Å². The van der Waals surface area contributed by atoms with Gasteiger partial charge in [0.2, 0.25) is 0 Å². The molecule has 0 spiro atoms. The lowest BCUT2D eigenvalue weighted by atomic mass is 10.1. The topological polar surface area (TPSA) is 156 Å². The maximum absolute atomic E-state index is 12.9. The van der Waals surface area contributed by atoms with Crippen molar-refractivity contribution in [2.24, 2.45) is 0 Å². The fraction of sp³-hybridized carbons (Fsp3) is 0. The first-order valence-corrected chi connectivity index (χ1v) is 9.34. The molecule has 0 unspecified atom stereocenters. The zero-order valence-electron chi connectivity index (χ0n) is 16.6. The molecular weight excluding hydrogens is 434 g/mol. The standard InChI is InChI=1S/C22H13N3O8/c26-19(22(29)30)23-12-1-3-13(4-2-12)24-20(27)17-10-9-16(11-18(17)21(24)28)33-15-7-5-14(6-8-15)25(31)32/h1-11H,(H,23,26)(H,29,30). The van der Waals surface area contributed by atoms with E-state index in [1.54, 1.807) is 0 Å². The van der Waals surface area contributed by atoms with E-state index in [1.807, 2.05) is 0 Å². The maximum Gasteiger partial charge on any atom is 0.394 e. The van der Waals surface area contributed by atoms with Crippen molar-refractivity contribution in [3.63, 3.8) is 0 Å². The van der Waals surface area contributed by atoms with Crippen molar-refractivity contribution in [1.82, 2.24) is 0 Å². The van der Waals surface area contributed by atoms with Crippen LogP contribution >= 0.6 is 0 Å². The Balaban J connectivity index is 1.54. The molecule has 4 rings (SSSR count). The molecule has 3 aromatic carbocycles. The summed E-state index contributed by atoms with van der Waals surface area (Å²) < 4.78 is 5.64. The van der Waals surface area contributed by atoms with Gasteiger partial charge in [0.15, 0.2) is 0 Å². The molecule has 0 atom stereocenters. The van der Waals surface area contributed by atoms with Crippen LogP contribution in [0, 0.1) is 10.1 Å². The summed E-state index contributed by atoms with van der Waals surface area (Å²) in [5.41, 5.74) is 0.595. The lowest BCUT2D eigenvalue weighted by molar-refractivity contribution is -0.384. The molecule has 3 aromatic rings. The summed E-state index contributed by atoms with van der Waals surface area (Å²) in [7, 11) is 0. The van der Waals surface area contributed by atoms with Crippen LogP contribution in [0.4, 0.5) is 17.1 Å². The van der Waals surface area contributed by atoms with Crippen LogP contribution in [-0.4, -0.2) is 33.7 Å². The van der Waals surface area contributed by atoms with Crippen LogP contribution in [0.3, 0.4) is 0 Å². The number of fused-ring (bicyclic) bond motifs is 1. The zero-order valence-corrected chi connectivity index (χ0v) is 16.6. The number of non-ortho nitro benzene ring substituents is 1. The second-order valence-corrected chi connectivity index (χ2v) is 6.81. The van der Waals surface area contributed by atoms with Gasteiger partial charge in [-0.2, -0.15) is 0 Å². The van der Waals surface area contributed by atoms with Crippen molar-refractivity contribution >= 4 is 40.8 Å². The lowest BCUT2D eigenvalue weighted by Gasteiger charge is -2.14. The Kier molecular flexibility index (Phi) is 5.28. The van der Waals surface area contributed by atoms with Crippen molar-refractivity contribution in [3.8, 4) is 11.5 Å². The third-order valence-corrected chi connectivity index (χ3v) is 4.72. The minimum atomic E-state index is -1.65. The predicted octanol–water partition coefficient (Wildman–Crippen LogP) is 3.21. The average molecular weight is 447 g/mol. The van der Waals surface area contributed by atoms with E-state index >= 15 is 0 Å². The van der Waals surface area contributed by atoms with Crippen LogP contribution in [0.5, 0.6) is 11.5 Å². The van der Waals surface area contributed by atoms with E-state index in [4.69, 9.17) is 9.84 Å².